The molecule has 0 radical (unpaired) electrons. The largest absolute Gasteiger partial charge is 0.481 e. The van der Waals surface area contributed by atoms with E-state index in [2.05, 4.69) is 58.3 Å². The molecule has 0 spiro atoms. The molecule has 7 nitrogen and oxygen atoms in total. The number of alkyl carbamates (subject to hydrolysis) is 1. The fourth-order valence-corrected chi connectivity index (χ4v) is 13.0. The average Bonchev–Trinajstić information content (AvgIpc) is 3.37. The Balaban J connectivity index is 1.18. The number of morpholine rings is 1. The molecule has 1 saturated heterocycles. The van der Waals surface area contributed by atoms with Gasteiger partial charge in [-0.05, 0) is 117 Å². The molecule has 5 aliphatic carbocycles. The standard InChI is InChI=1S/C37H60N2O5/c1-24(2)25-10-15-37(31(40)41)17-16-35(6)26(30(25)37)8-9-28-34(5)13-12-29(33(3,4)27(34)11-14-36(28,35)7)44-32(42)38-18-19-39-20-22-43-23-21-39/h25-30H,1,8-23H2,2-7H3,(H,38,42)(H,40,41)/t25-,26+,27-,28+,29-,30+,34-,35+,36+,37-/m0/s1. The van der Waals surface area contributed by atoms with Crippen LogP contribution in [-0.2, 0) is 14.3 Å². The number of carbonyl (C=O) groups is 2. The van der Waals surface area contributed by atoms with Crippen LogP contribution in [0, 0.1) is 56.7 Å². The molecule has 0 aromatic heterocycles. The topological polar surface area (TPSA) is 88.1 Å². The second kappa shape index (κ2) is 11.3. The van der Waals surface area contributed by atoms with Crippen LogP contribution in [0.3, 0.4) is 0 Å². The van der Waals surface area contributed by atoms with Crippen molar-refractivity contribution in [1.29, 1.82) is 0 Å². The monoisotopic (exact) mass is 612 g/mol. The summed E-state index contributed by atoms with van der Waals surface area (Å²) in [5.74, 6) is 1.51. The van der Waals surface area contributed by atoms with E-state index in [1.54, 1.807) is 0 Å². The van der Waals surface area contributed by atoms with Crippen LogP contribution in [-0.4, -0.2) is 67.6 Å². The molecule has 6 aliphatic rings. The first-order valence-electron chi connectivity index (χ1n) is 17.8. The van der Waals surface area contributed by atoms with Crippen molar-refractivity contribution in [3.05, 3.63) is 12.2 Å². The Kier molecular flexibility index (Phi) is 8.29. The summed E-state index contributed by atoms with van der Waals surface area (Å²) in [6, 6.07) is 0. The zero-order valence-electron chi connectivity index (χ0n) is 28.5. The number of ether oxygens (including phenoxy) is 2. The molecule has 6 fully saturated rings. The molecule has 0 bridgehead atoms. The highest BCUT2D eigenvalue weighted by atomic mass is 16.6. The maximum atomic E-state index is 13.0. The van der Waals surface area contributed by atoms with Gasteiger partial charge in [0.15, 0.2) is 0 Å². The molecule has 248 valence electrons. The van der Waals surface area contributed by atoms with Crippen molar-refractivity contribution in [2.75, 3.05) is 39.4 Å². The van der Waals surface area contributed by atoms with Gasteiger partial charge in [-0.25, -0.2) is 4.79 Å². The summed E-state index contributed by atoms with van der Waals surface area (Å²) in [7, 11) is 0. The maximum Gasteiger partial charge on any atom is 0.407 e. The first kappa shape index (κ1) is 32.3. The molecule has 1 aliphatic heterocycles. The van der Waals surface area contributed by atoms with Crippen LogP contribution in [0.5, 0.6) is 0 Å². The zero-order chi connectivity index (χ0) is 31.7. The summed E-state index contributed by atoms with van der Waals surface area (Å²) in [5.41, 5.74) is 1.00. The third-order valence-corrected chi connectivity index (χ3v) is 15.5. The van der Waals surface area contributed by atoms with E-state index in [4.69, 9.17) is 9.47 Å². The second-order valence-corrected chi connectivity index (χ2v) is 17.3. The van der Waals surface area contributed by atoms with E-state index < -0.39 is 11.4 Å². The summed E-state index contributed by atoms with van der Waals surface area (Å²) in [5, 5.41) is 13.7. The van der Waals surface area contributed by atoms with E-state index in [0.29, 0.717) is 30.2 Å². The van der Waals surface area contributed by atoms with E-state index in [1.807, 2.05) is 0 Å². The number of rotatable bonds is 6. The normalized spacial score (nSPS) is 46.5. The predicted molar refractivity (Wildman–Crippen MR) is 172 cm³/mol. The Morgan fingerprint density at radius 2 is 1.64 bits per heavy atom. The Hall–Kier alpha value is -1.60. The Morgan fingerprint density at radius 3 is 2.32 bits per heavy atom. The molecule has 0 unspecified atom stereocenters. The minimum absolute atomic E-state index is 0.0825. The summed E-state index contributed by atoms with van der Waals surface area (Å²) < 4.78 is 11.7. The van der Waals surface area contributed by atoms with E-state index in [1.165, 1.54) is 18.4 Å². The molecule has 2 N–H and O–H groups in total. The number of amides is 1. The lowest BCUT2D eigenvalue weighted by Crippen LogP contribution is -2.67. The van der Waals surface area contributed by atoms with Crippen LogP contribution in [0.2, 0.25) is 0 Å². The molecule has 0 aromatic rings. The van der Waals surface area contributed by atoms with Gasteiger partial charge in [0, 0.05) is 31.6 Å². The number of hydrogen-bond acceptors (Lipinski definition) is 5. The maximum absolute atomic E-state index is 13.0. The second-order valence-electron chi connectivity index (χ2n) is 17.3. The van der Waals surface area contributed by atoms with E-state index in [0.717, 1.165) is 84.2 Å². The van der Waals surface area contributed by atoms with Gasteiger partial charge >= 0.3 is 12.1 Å². The Labute approximate surface area is 266 Å². The smallest absolute Gasteiger partial charge is 0.407 e. The van der Waals surface area contributed by atoms with Crippen LogP contribution in [0.4, 0.5) is 4.79 Å². The van der Waals surface area contributed by atoms with Crippen molar-refractivity contribution in [1.82, 2.24) is 10.2 Å². The zero-order valence-corrected chi connectivity index (χ0v) is 28.5. The highest BCUT2D eigenvalue weighted by Gasteiger charge is 2.72. The lowest BCUT2D eigenvalue weighted by atomic mass is 9.32. The molecule has 1 heterocycles. The minimum Gasteiger partial charge on any atom is -0.481 e. The molecule has 1 amide bonds. The molecule has 44 heavy (non-hydrogen) atoms. The third kappa shape index (κ3) is 4.71. The van der Waals surface area contributed by atoms with Gasteiger partial charge in [0.05, 0.1) is 18.6 Å². The SMILES string of the molecule is C=C(C)[C@@H]1CC[C@]2(C(=O)O)CC[C@]3(C)[C@H](CC[C@@H]4[C@@]5(C)CC[C@H](OC(=O)NCCN6CCOCC6)C(C)(C)[C@@H]5CC[C@]43C)[C@@H]12. The van der Waals surface area contributed by atoms with Gasteiger partial charge in [0.25, 0.3) is 0 Å². The van der Waals surface area contributed by atoms with Crippen LogP contribution >= 0.6 is 0 Å². The highest BCUT2D eigenvalue weighted by molar-refractivity contribution is 5.76. The molecular formula is C37H60N2O5. The summed E-state index contributed by atoms with van der Waals surface area (Å²) >= 11 is 0. The van der Waals surface area contributed by atoms with Crippen molar-refractivity contribution in [3.8, 4) is 0 Å². The summed E-state index contributed by atoms with van der Waals surface area (Å²) in [4.78, 5) is 28.2. The number of nitrogens with zero attached hydrogens (tertiary/aromatic N) is 1. The lowest BCUT2D eigenvalue weighted by molar-refractivity contribution is -0.247. The van der Waals surface area contributed by atoms with Crippen molar-refractivity contribution in [2.45, 2.75) is 112 Å². The van der Waals surface area contributed by atoms with Crippen molar-refractivity contribution < 1.29 is 24.2 Å². The van der Waals surface area contributed by atoms with Gasteiger partial charge in [-0.2, -0.15) is 0 Å². The molecule has 0 aromatic carbocycles. The Bertz CT molecular complexity index is 1150. The number of fused-ring (bicyclic) bond motifs is 7. The summed E-state index contributed by atoms with van der Waals surface area (Å²) in [6.07, 6.45) is 9.91. The number of carbonyl (C=O) groups excluding carboxylic acids is 1. The van der Waals surface area contributed by atoms with E-state index in [9.17, 15) is 14.7 Å². The first-order chi connectivity index (χ1) is 20.7. The number of aliphatic carboxylic acids is 1. The van der Waals surface area contributed by atoms with Crippen LogP contribution in [0.1, 0.15) is 106 Å². The first-order valence-corrected chi connectivity index (χ1v) is 17.8. The van der Waals surface area contributed by atoms with E-state index in [-0.39, 0.29) is 39.8 Å². The van der Waals surface area contributed by atoms with Crippen LogP contribution in [0.15, 0.2) is 12.2 Å². The van der Waals surface area contributed by atoms with Crippen molar-refractivity contribution >= 4 is 12.1 Å². The minimum atomic E-state index is -0.571. The molecule has 7 heteroatoms. The van der Waals surface area contributed by atoms with E-state index >= 15 is 0 Å². The van der Waals surface area contributed by atoms with Gasteiger partial charge in [-0.15, -0.1) is 0 Å². The van der Waals surface area contributed by atoms with Gasteiger partial charge in [0.1, 0.15) is 6.10 Å². The fourth-order valence-electron chi connectivity index (χ4n) is 13.0. The molecule has 10 atom stereocenters. The van der Waals surface area contributed by atoms with Crippen LogP contribution in [0.25, 0.3) is 0 Å². The average molecular weight is 613 g/mol. The summed E-state index contributed by atoms with van der Waals surface area (Å²) in [6.45, 7) is 23.8. The quantitative estimate of drug-likeness (QED) is 0.310. The van der Waals surface area contributed by atoms with Gasteiger partial charge in [0.2, 0.25) is 0 Å². The third-order valence-electron chi connectivity index (χ3n) is 15.5. The predicted octanol–water partition coefficient (Wildman–Crippen LogP) is 7.16. The fraction of sp³-hybridized carbons (Fsp3) is 0.892. The number of hydrogen-bond donors (Lipinski definition) is 2. The Morgan fingerprint density at radius 1 is 0.909 bits per heavy atom. The number of nitrogens with one attached hydrogen (secondary N) is 1. The van der Waals surface area contributed by atoms with Crippen molar-refractivity contribution in [2.24, 2.45) is 56.7 Å². The van der Waals surface area contributed by atoms with Gasteiger partial charge < -0.3 is 19.9 Å². The van der Waals surface area contributed by atoms with Crippen LogP contribution < -0.4 is 5.32 Å². The molecular weight excluding hydrogens is 552 g/mol. The number of allylic oxidation sites excluding steroid dienone is 1. The van der Waals surface area contributed by atoms with Gasteiger partial charge in [-0.3, -0.25) is 9.69 Å². The lowest BCUT2D eigenvalue weighted by Gasteiger charge is -2.72. The number of carboxylic acid groups (broad SMARTS) is 1. The van der Waals surface area contributed by atoms with Crippen molar-refractivity contribution in [3.63, 3.8) is 0 Å². The van der Waals surface area contributed by atoms with Gasteiger partial charge in [-0.1, -0.05) is 46.8 Å². The number of carboxylic acids is 1. The molecule has 5 saturated carbocycles. The highest BCUT2D eigenvalue weighted by Crippen LogP contribution is 2.77. The molecule has 6 rings (SSSR count).